The number of carbonyl (C=O) groups excluding carboxylic acids is 1. The van der Waals surface area contributed by atoms with Crippen molar-refractivity contribution >= 4 is 17.7 Å². The van der Waals surface area contributed by atoms with Crippen LogP contribution in [0.25, 0.3) is 0 Å². The maximum absolute atomic E-state index is 13.8. The molecule has 1 aromatic rings. The van der Waals surface area contributed by atoms with Crippen molar-refractivity contribution in [2.24, 2.45) is 0 Å². The third-order valence-corrected chi connectivity index (χ3v) is 5.00. The second kappa shape index (κ2) is 7.67. The fourth-order valence-electron chi connectivity index (χ4n) is 2.49. The highest BCUT2D eigenvalue weighted by Gasteiger charge is 2.23. The van der Waals surface area contributed by atoms with Gasteiger partial charge in [0.05, 0.1) is 0 Å². The van der Waals surface area contributed by atoms with Gasteiger partial charge in [0.25, 0.3) is 0 Å². The largest absolute Gasteiger partial charge is 0.342 e. The van der Waals surface area contributed by atoms with Crippen LogP contribution in [0.3, 0.4) is 0 Å². The Labute approximate surface area is 124 Å². The van der Waals surface area contributed by atoms with Crippen molar-refractivity contribution in [3.05, 3.63) is 35.6 Å². The van der Waals surface area contributed by atoms with Gasteiger partial charge in [-0.25, -0.2) is 4.39 Å². The molecule has 0 aromatic heterocycles. The molecule has 1 aromatic carbocycles. The van der Waals surface area contributed by atoms with Crippen LogP contribution in [0.5, 0.6) is 0 Å². The van der Waals surface area contributed by atoms with Crippen LogP contribution in [0, 0.1) is 5.82 Å². The molecule has 1 fully saturated rings. The van der Waals surface area contributed by atoms with Gasteiger partial charge >= 0.3 is 0 Å². The third-order valence-electron chi connectivity index (χ3n) is 3.69. The van der Waals surface area contributed by atoms with Gasteiger partial charge in [-0.1, -0.05) is 31.5 Å². The van der Waals surface area contributed by atoms with E-state index in [1.807, 2.05) is 17.0 Å². The number of halogens is 1. The molecule has 0 bridgehead atoms. The van der Waals surface area contributed by atoms with Crippen LogP contribution in [-0.4, -0.2) is 29.6 Å². The molecule has 1 atom stereocenters. The number of carbonyl (C=O) groups is 1. The molecule has 0 saturated carbocycles. The lowest BCUT2D eigenvalue weighted by atomic mass is 10.1. The van der Waals surface area contributed by atoms with Gasteiger partial charge in [0.1, 0.15) is 5.82 Å². The molecule has 1 unspecified atom stereocenters. The molecule has 0 radical (unpaired) electrons. The second-order valence-electron chi connectivity index (χ2n) is 5.15. The zero-order chi connectivity index (χ0) is 14.4. The molecule has 1 amide bonds. The summed E-state index contributed by atoms with van der Waals surface area (Å²) < 4.78 is 13.8. The zero-order valence-corrected chi connectivity index (χ0v) is 12.8. The predicted octanol–water partition coefficient (Wildman–Crippen LogP) is 4.02. The summed E-state index contributed by atoms with van der Waals surface area (Å²) in [6.45, 7) is 3.63. The second-order valence-corrected chi connectivity index (χ2v) is 6.46. The van der Waals surface area contributed by atoms with Gasteiger partial charge < -0.3 is 4.90 Å². The van der Waals surface area contributed by atoms with Crippen LogP contribution in [0.2, 0.25) is 0 Å². The first kappa shape index (κ1) is 15.4. The van der Waals surface area contributed by atoms with E-state index in [1.54, 1.807) is 17.8 Å². The summed E-state index contributed by atoms with van der Waals surface area (Å²) >= 11 is 1.76. The number of unbranched alkanes of at least 4 members (excludes halogenated alkanes) is 1. The van der Waals surface area contributed by atoms with E-state index in [9.17, 15) is 9.18 Å². The summed E-state index contributed by atoms with van der Waals surface area (Å²) in [5.74, 6) is 1.01. The Hall–Kier alpha value is -1.03. The number of hydrogen-bond acceptors (Lipinski definition) is 2. The predicted molar refractivity (Wildman–Crippen MR) is 82.3 cm³/mol. The lowest BCUT2D eigenvalue weighted by Crippen LogP contribution is -2.32. The Kier molecular flexibility index (Phi) is 5.89. The normalized spacial score (nSPS) is 19.7. The Morgan fingerprint density at radius 3 is 2.95 bits per heavy atom. The fraction of sp³-hybridized carbons (Fsp3) is 0.562. The van der Waals surface area contributed by atoms with Crippen LogP contribution in [-0.2, 0) is 4.79 Å². The van der Waals surface area contributed by atoms with Crippen LogP contribution in [0.15, 0.2) is 24.3 Å². The molecule has 2 rings (SSSR count). The van der Waals surface area contributed by atoms with Gasteiger partial charge in [-0.2, -0.15) is 11.8 Å². The maximum atomic E-state index is 13.8. The summed E-state index contributed by atoms with van der Waals surface area (Å²) in [6, 6.07) is 6.99. The standard InChI is InChI=1S/C16H22FNOS/c1-2-3-8-16(19)18-10-9-15(20-12-11-18)13-6-4-5-7-14(13)17/h4-7,15H,2-3,8-12H2,1H3. The highest BCUT2D eigenvalue weighted by molar-refractivity contribution is 7.99. The monoisotopic (exact) mass is 295 g/mol. The smallest absolute Gasteiger partial charge is 0.222 e. The number of amides is 1. The van der Waals surface area contributed by atoms with E-state index < -0.39 is 0 Å². The van der Waals surface area contributed by atoms with Crippen LogP contribution in [0.1, 0.15) is 43.4 Å². The molecule has 110 valence electrons. The molecular weight excluding hydrogens is 273 g/mol. The molecule has 20 heavy (non-hydrogen) atoms. The molecular formula is C16H22FNOS. The van der Waals surface area contributed by atoms with E-state index >= 15 is 0 Å². The van der Waals surface area contributed by atoms with E-state index in [-0.39, 0.29) is 17.0 Å². The van der Waals surface area contributed by atoms with Crippen molar-refractivity contribution < 1.29 is 9.18 Å². The molecule has 1 aliphatic rings. The third kappa shape index (κ3) is 3.98. The molecule has 1 heterocycles. The first-order valence-corrected chi connectivity index (χ1v) is 8.41. The Bertz CT molecular complexity index is 452. The van der Waals surface area contributed by atoms with Gasteiger partial charge in [0, 0.05) is 36.1 Å². The minimum atomic E-state index is -0.129. The van der Waals surface area contributed by atoms with Crippen molar-refractivity contribution in [3.63, 3.8) is 0 Å². The maximum Gasteiger partial charge on any atom is 0.222 e. The number of thioether (sulfide) groups is 1. The zero-order valence-electron chi connectivity index (χ0n) is 12.0. The highest BCUT2D eigenvalue weighted by Crippen LogP contribution is 2.35. The Balaban J connectivity index is 1.95. The highest BCUT2D eigenvalue weighted by atomic mass is 32.2. The summed E-state index contributed by atoms with van der Waals surface area (Å²) in [5, 5.41) is 0.167. The van der Waals surface area contributed by atoms with Crippen LogP contribution < -0.4 is 0 Å². The van der Waals surface area contributed by atoms with Crippen molar-refractivity contribution in [2.45, 2.75) is 37.9 Å². The van der Waals surface area contributed by atoms with Crippen molar-refractivity contribution in [2.75, 3.05) is 18.8 Å². The average Bonchev–Trinajstić information content (AvgIpc) is 2.71. The van der Waals surface area contributed by atoms with Crippen LogP contribution >= 0.6 is 11.8 Å². The Morgan fingerprint density at radius 2 is 2.20 bits per heavy atom. The molecule has 0 N–H and O–H groups in total. The van der Waals surface area contributed by atoms with Gasteiger partial charge in [0.15, 0.2) is 0 Å². The van der Waals surface area contributed by atoms with Gasteiger partial charge in [-0.15, -0.1) is 0 Å². The van der Waals surface area contributed by atoms with E-state index in [1.165, 1.54) is 6.07 Å². The van der Waals surface area contributed by atoms with Gasteiger partial charge in [-0.3, -0.25) is 4.79 Å². The number of benzene rings is 1. The van der Waals surface area contributed by atoms with Gasteiger partial charge in [-0.05, 0) is 18.9 Å². The summed E-state index contributed by atoms with van der Waals surface area (Å²) in [6.07, 6.45) is 3.49. The Morgan fingerprint density at radius 1 is 1.40 bits per heavy atom. The summed E-state index contributed by atoms with van der Waals surface area (Å²) in [7, 11) is 0. The number of hydrogen-bond donors (Lipinski definition) is 0. The fourth-order valence-corrected chi connectivity index (χ4v) is 3.74. The SMILES string of the molecule is CCCCC(=O)N1CCSC(c2ccccc2F)CC1. The lowest BCUT2D eigenvalue weighted by Gasteiger charge is -2.20. The molecule has 0 aliphatic carbocycles. The van der Waals surface area contributed by atoms with Crippen LogP contribution in [0.4, 0.5) is 4.39 Å². The molecule has 1 saturated heterocycles. The van der Waals surface area contributed by atoms with E-state index in [0.29, 0.717) is 6.42 Å². The molecule has 1 aliphatic heterocycles. The van der Waals surface area contributed by atoms with Crippen molar-refractivity contribution in [3.8, 4) is 0 Å². The van der Waals surface area contributed by atoms with E-state index in [0.717, 1.165) is 43.7 Å². The minimum absolute atomic E-state index is 0.129. The van der Waals surface area contributed by atoms with Crippen molar-refractivity contribution in [1.29, 1.82) is 0 Å². The summed E-state index contributed by atoms with van der Waals surface area (Å²) in [5.41, 5.74) is 0.778. The number of rotatable bonds is 4. The molecule has 4 heteroatoms. The van der Waals surface area contributed by atoms with Gasteiger partial charge in [0.2, 0.25) is 5.91 Å². The van der Waals surface area contributed by atoms with E-state index in [2.05, 4.69) is 6.92 Å². The average molecular weight is 295 g/mol. The quantitative estimate of drug-likeness (QED) is 0.836. The molecule has 2 nitrogen and oxygen atoms in total. The topological polar surface area (TPSA) is 20.3 Å². The van der Waals surface area contributed by atoms with Crippen molar-refractivity contribution in [1.82, 2.24) is 4.90 Å². The number of nitrogens with zero attached hydrogens (tertiary/aromatic N) is 1. The minimum Gasteiger partial charge on any atom is -0.342 e. The first-order valence-electron chi connectivity index (χ1n) is 7.36. The first-order chi connectivity index (χ1) is 9.72. The molecule has 0 spiro atoms. The lowest BCUT2D eigenvalue weighted by molar-refractivity contribution is -0.131. The summed E-state index contributed by atoms with van der Waals surface area (Å²) in [4.78, 5) is 14.0. The van der Waals surface area contributed by atoms with E-state index in [4.69, 9.17) is 0 Å².